The van der Waals surface area contributed by atoms with Gasteiger partial charge in [0.05, 0.1) is 11.1 Å². The summed E-state index contributed by atoms with van der Waals surface area (Å²) >= 11 is 0. The van der Waals surface area contributed by atoms with Gasteiger partial charge in [0, 0.05) is 12.5 Å². The highest BCUT2D eigenvalue weighted by molar-refractivity contribution is 5.99. The number of benzene rings is 1. The predicted octanol–water partition coefficient (Wildman–Crippen LogP) is 1.32. The maximum Gasteiger partial charge on any atom is 0.239 e. The third kappa shape index (κ3) is 2.38. The van der Waals surface area contributed by atoms with Crippen molar-refractivity contribution < 1.29 is 9.21 Å². The molecule has 0 aliphatic rings. The smallest absolute Gasteiger partial charge is 0.239 e. The van der Waals surface area contributed by atoms with Gasteiger partial charge in [-0.05, 0) is 17.3 Å². The van der Waals surface area contributed by atoms with E-state index in [2.05, 4.69) is 25.9 Å². The fraction of sp³-hybridized carbons (Fsp3) is 0.154. The van der Waals surface area contributed by atoms with Crippen LogP contribution >= 0.6 is 0 Å². The molecule has 106 valence electrons. The summed E-state index contributed by atoms with van der Waals surface area (Å²) in [4.78, 5) is 23.7. The number of fused-ring (bicyclic) bond motifs is 1. The van der Waals surface area contributed by atoms with Crippen LogP contribution in [0.4, 0.5) is 5.69 Å². The average Bonchev–Trinajstić information content (AvgIpc) is 3.02. The Morgan fingerprint density at radius 1 is 1.43 bits per heavy atom. The molecular weight excluding hydrogens is 274 g/mol. The Balaban J connectivity index is 2.21. The summed E-state index contributed by atoms with van der Waals surface area (Å²) in [7, 11) is 0. The Morgan fingerprint density at radius 2 is 2.29 bits per heavy atom. The van der Waals surface area contributed by atoms with Gasteiger partial charge in [-0.25, -0.2) is 0 Å². The minimum Gasteiger partial charge on any atom is -0.450 e. The molecule has 0 bridgehead atoms. The van der Waals surface area contributed by atoms with E-state index in [4.69, 9.17) is 4.42 Å². The number of anilines is 1. The first-order valence-corrected chi connectivity index (χ1v) is 6.29. The lowest BCUT2D eigenvalue weighted by Gasteiger charge is -2.07. The summed E-state index contributed by atoms with van der Waals surface area (Å²) in [5.41, 5.74) is 0.469. The number of nitrogens with zero attached hydrogens (tertiary/aromatic N) is 3. The quantitative estimate of drug-likeness (QED) is 0.750. The average molecular weight is 285 g/mol. The van der Waals surface area contributed by atoms with E-state index in [-0.39, 0.29) is 28.5 Å². The molecule has 3 rings (SSSR count). The van der Waals surface area contributed by atoms with Crippen molar-refractivity contribution in [2.45, 2.75) is 13.3 Å². The molecule has 1 amide bonds. The maximum atomic E-state index is 12.1. The van der Waals surface area contributed by atoms with Gasteiger partial charge in [0.1, 0.15) is 0 Å². The standard InChI is InChI=1S/C13H11N5O3/c1-2-11(20)14-8-5-3-4-7-9(19)6-10(21-12(7)8)13-15-17-18-16-13/h3-6H,2H2,1H3,(H,14,20)(H,15,16,17,18). The normalized spacial score (nSPS) is 10.7. The van der Waals surface area contributed by atoms with Crippen LogP contribution in [0, 0.1) is 0 Å². The first kappa shape index (κ1) is 13.0. The molecule has 0 radical (unpaired) electrons. The van der Waals surface area contributed by atoms with Crippen LogP contribution in [0.25, 0.3) is 22.6 Å². The van der Waals surface area contributed by atoms with Crippen LogP contribution in [-0.2, 0) is 4.79 Å². The van der Waals surface area contributed by atoms with E-state index in [9.17, 15) is 9.59 Å². The number of para-hydroxylation sites is 1. The zero-order chi connectivity index (χ0) is 14.8. The SMILES string of the molecule is CCC(=O)Nc1cccc2c(=O)cc(-c3nn[nH]n3)oc12. The second kappa shape index (κ2) is 5.16. The molecule has 2 heterocycles. The van der Waals surface area contributed by atoms with Gasteiger partial charge < -0.3 is 9.73 Å². The van der Waals surface area contributed by atoms with Crippen molar-refractivity contribution in [3.05, 3.63) is 34.5 Å². The van der Waals surface area contributed by atoms with Crippen molar-refractivity contribution in [3.63, 3.8) is 0 Å². The van der Waals surface area contributed by atoms with Gasteiger partial charge in [-0.1, -0.05) is 13.0 Å². The van der Waals surface area contributed by atoms with E-state index >= 15 is 0 Å². The Morgan fingerprint density at radius 3 is 3.00 bits per heavy atom. The highest BCUT2D eigenvalue weighted by Gasteiger charge is 2.13. The molecule has 0 atom stereocenters. The molecule has 21 heavy (non-hydrogen) atoms. The summed E-state index contributed by atoms with van der Waals surface area (Å²) in [6.45, 7) is 1.74. The van der Waals surface area contributed by atoms with Gasteiger partial charge in [-0.15, -0.1) is 10.2 Å². The van der Waals surface area contributed by atoms with E-state index in [1.54, 1.807) is 25.1 Å². The molecule has 2 aromatic heterocycles. The number of aromatic amines is 1. The second-order valence-electron chi connectivity index (χ2n) is 4.29. The van der Waals surface area contributed by atoms with E-state index < -0.39 is 0 Å². The molecule has 8 heteroatoms. The number of carbonyl (C=O) groups is 1. The molecule has 0 unspecified atom stereocenters. The number of tetrazole rings is 1. The summed E-state index contributed by atoms with van der Waals surface area (Å²) in [5, 5.41) is 16.3. The molecule has 8 nitrogen and oxygen atoms in total. The third-order valence-electron chi connectivity index (χ3n) is 2.92. The minimum absolute atomic E-state index is 0.171. The molecule has 0 spiro atoms. The first-order chi connectivity index (χ1) is 10.2. The van der Waals surface area contributed by atoms with Crippen LogP contribution in [0.1, 0.15) is 13.3 Å². The topological polar surface area (TPSA) is 114 Å². The number of amides is 1. The van der Waals surface area contributed by atoms with E-state index in [1.165, 1.54) is 6.07 Å². The van der Waals surface area contributed by atoms with Gasteiger partial charge in [0.25, 0.3) is 0 Å². The molecule has 0 aliphatic carbocycles. The van der Waals surface area contributed by atoms with Crippen molar-refractivity contribution in [1.29, 1.82) is 0 Å². The van der Waals surface area contributed by atoms with Crippen molar-refractivity contribution in [2.75, 3.05) is 5.32 Å². The number of H-pyrrole nitrogens is 1. The van der Waals surface area contributed by atoms with E-state index in [1.807, 2.05) is 0 Å². The Kier molecular flexibility index (Phi) is 3.19. The maximum absolute atomic E-state index is 12.1. The fourth-order valence-corrected chi connectivity index (χ4v) is 1.89. The summed E-state index contributed by atoms with van der Waals surface area (Å²) in [5.74, 6) is 0.181. The Bertz CT molecular complexity index is 854. The van der Waals surface area contributed by atoms with Gasteiger partial charge in [0.15, 0.2) is 16.8 Å². The van der Waals surface area contributed by atoms with E-state index in [0.717, 1.165) is 0 Å². The van der Waals surface area contributed by atoms with Crippen LogP contribution in [0.15, 0.2) is 33.5 Å². The second-order valence-corrected chi connectivity index (χ2v) is 4.29. The molecule has 0 saturated carbocycles. The molecule has 2 N–H and O–H groups in total. The number of carbonyl (C=O) groups excluding carboxylic acids is 1. The fourth-order valence-electron chi connectivity index (χ4n) is 1.89. The molecule has 0 aliphatic heterocycles. The highest BCUT2D eigenvalue weighted by Crippen LogP contribution is 2.25. The zero-order valence-corrected chi connectivity index (χ0v) is 11.1. The summed E-state index contributed by atoms with van der Waals surface area (Å²) in [6.07, 6.45) is 0.325. The molecule has 0 fully saturated rings. The number of nitrogens with one attached hydrogen (secondary N) is 2. The lowest BCUT2D eigenvalue weighted by atomic mass is 10.2. The third-order valence-corrected chi connectivity index (χ3v) is 2.92. The molecule has 1 aromatic carbocycles. The minimum atomic E-state index is -0.247. The Hall–Kier alpha value is -3.03. The lowest BCUT2D eigenvalue weighted by molar-refractivity contribution is -0.115. The highest BCUT2D eigenvalue weighted by atomic mass is 16.3. The largest absolute Gasteiger partial charge is 0.450 e. The van der Waals surface area contributed by atoms with Crippen molar-refractivity contribution in [1.82, 2.24) is 20.6 Å². The Labute approximate surface area is 118 Å². The summed E-state index contributed by atoms with van der Waals surface area (Å²) in [6, 6.07) is 6.26. The van der Waals surface area contributed by atoms with Crippen LogP contribution < -0.4 is 10.7 Å². The van der Waals surface area contributed by atoms with Gasteiger partial charge in [0.2, 0.25) is 11.7 Å². The molecular formula is C13H11N5O3. The van der Waals surface area contributed by atoms with E-state index in [0.29, 0.717) is 17.5 Å². The van der Waals surface area contributed by atoms with Gasteiger partial charge >= 0.3 is 0 Å². The zero-order valence-electron chi connectivity index (χ0n) is 11.1. The molecule has 3 aromatic rings. The van der Waals surface area contributed by atoms with Crippen LogP contribution in [0.5, 0.6) is 0 Å². The number of aromatic nitrogens is 4. The van der Waals surface area contributed by atoms with Gasteiger partial charge in [-0.3, -0.25) is 9.59 Å². The van der Waals surface area contributed by atoms with Crippen LogP contribution in [-0.4, -0.2) is 26.5 Å². The lowest BCUT2D eigenvalue weighted by Crippen LogP contribution is -2.11. The predicted molar refractivity (Wildman–Crippen MR) is 74.6 cm³/mol. The number of rotatable bonds is 3. The first-order valence-electron chi connectivity index (χ1n) is 6.29. The van der Waals surface area contributed by atoms with Crippen LogP contribution in [0.3, 0.4) is 0 Å². The summed E-state index contributed by atoms with van der Waals surface area (Å²) < 4.78 is 5.66. The molecule has 0 saturated heterocycles. The number of hydrogen-bond donors (Lipinski definition) is 2. The van der Waals surface area contributed by atoms with Crippen molar-refractivity contribution in [2.24, 2.45) is 0 Å². The monoisotopic (exact) mass is 285 g/mol. The van der Waals surface area contributed by atoms with Crippen LogP contribution in [0.2, 0.25) is 0 Å². The van der Waals surface area contributed by atoms with Gasteiger partial charge in [-0.2, -0.15) is 5.21 Å². The number of hydrogen-bond acceptors (Lipinski definition) is 6. The van der Waals surface area contributed by atoms with Crippen molar-refractivity contribution in [3.8, 4) is 11.6 Å². The van der Waals surface area contributed by atoms with Crippen molar-refractivity contribution >= 4 is 22.6 Å².